The Hall–Kier alpha value is -2.56. The van der Waals surface area contributed by atoms with Gasteiger partial charge in [0.2, 0.25) is 11.2 Å². The van der Waals surface area contributed by atoms with Gasteiger partial charge in [-0.05, 0) is 12.0 Å². The van der Waals surface area contributed by atoms with Crippen molar-refractivity contribution in [2.75, 3.05) is 7.11 Å². The summed E-state index contributed by atoms with van der Waals surface area (Å²) in [5.41, 5.74) is 0.986. The van der Waals surface area contributed by atoms with Crippen molar-refractivity contribution < 1.29 is 18.7 Å². The predicted molar refractivity (Wildman–Crippen MR) is 76.5 cm³/mol. The Morgan fingerprint density at radius 1 is 1.24 bits per heavy atom. The van der Waals surface area contributed by atoms with Crippen LogP contribution in [0.25, 0.3) is 0 Å². The maximum absolute atomic E-state index is 12.3. The van der Waals surface area contributed by atoms with Crippen molar-refractivity contribution in [1.82, 2.24) is 0 Å². The van der Waals surface area contributed by atoms with Crippen LogP contribution in [0.2, 0.25) is 0 Å². The average molecular weight is 288 g/mol. The van der Waals surface area contributed by atoms with Crippen molar-refractivity contribution >= 4 is 5.97 Å². The molecule has 0 saturated carbocycles. The quantitative estimate of drug-likeness (QED) is 0.791. The number of aryl methyl sites for hydroxylation is 1. The summed E-state index contributed by atoms with van der Waals surface area (Å²) in [5, 5.41) is 0. The molecule has 0 atom stereocenters. The van der Waals surface area contributed by atoms with Crippen molar-refractivity contribution in [2.24, 2.45) is 0 Å². The summed E-state index contributed by atoms with van der Waals surface area (Å²) >= 11 is 0. The van der Waals surface area contributed by atoms with E-state index in [2.05, 4.69) is 4.74 Å². The second-order valence-electron chi connectivity index (χ2n) is 4.37. The smallest absolute Gasteiger partial charge is 0.378 e. The molecule has 0 bridgehead atoms. The Morgan fingerprint density at radius 3 is 2.57 bits per heavy atom. The SMILES string of the molecule is CCc1coc(C(=O)OC)c(OCc2ccccc2)c1=O. The molecule has 1 aromatic carbocycles. The van der Waals surface area contributed by atoms with Gasteiger partial charge < -0.3 is 13.9 Å². The second-order valence-corrected chi connectivity index (χ2v) is 4.37. The molecule has 2 rings (SSSR count). The Bertz CT molecular complexity index is 673. The summed E-state index contributed by atoms with van der Waals surface area (Å²) in [5.74, 6) is -1.06. The molecule has 5 nitrogen and oxygen atoms in total. The molecule has 1 aromatic heterocycles. The third kappa shape index (κ3) is 3.31. The van der Waals surface area contributed by atoms with Crippen molar-refractivity contribution in [1.29, 1.82) is 0 Å². The van der Waals surface area contributed by atoms with Gasteiger partial charge >= 0.3 is 5.97 Å². The third-order valence-corrected chi connectivity index (χ3v) is 3.00. The van der Waals surface area contributed by atoms with Gasteiger partial charge in [0.25, 0.3) is 5.76 Å². The van der Waals surface area contributed by atoms with Crippen molar-refractivity contribution in [3.63, 3.8) is 0 Å². The van der Waals surface area contributed by atoms with Crippen LogP contribution in [0.5, 0.6) is 5.75 Å². The summed E-state index contributed by atoms with van der Waals surface area (Å²) < 4.78 is 15.3. The minimum Gasteiger partial charge on any atom is -0.481 e. The minimum absolute atomic E-state index is 0.106. The summed E-state index contributed by atoms with van der Waals surface area (Å²) in [7, 11) is 1.22. The highest BCUT2D eigenvalue weighted by Gasteiger charge is 2.21. The van der Waals surface area contributed by atoms with E-state index < -0.39 is 5.97 Å². The van der Waals surface area contributed by atoms with Crippen LogP contribution in [0.15, 0.2) is 45.8 Å². The Kier molecular flexibility index (Phi) is 4.77. The van der Waals surface area contributed by atoms with Gasteiger partial charge in [-0.1, -0.05) is 37.3 Å². The lowest BCUT2D eigenvalue weighted by molar-refractivity contribution is 0.0552. The van der Waals surface area contributed by atoms with E-state index in [0.29, 0.717) is 12.0 Å². The van der Waals surface area contributed by atoms with Gasteiger partial charge in [0.05, 0.1) is 13.4 Å². The van der Waals surface area contributed by atoms with E-state index in [9.17, 15) is 9.59 Å². The first-order valence-electron chi connectivity index (χ1n) is 6.57. The molecule has 0 aliphatic heterocycles. The van der Waals surface area contributed by atoms with Gasteiger partial charge in [0, 0.05) is 5.56 Å². The molecule has 2 aromatic rings. The number of rotatable bonds is 5. The molecule has 0 radical (unpaired) electrons. The number of hydrogen-bond acceptors (Lipinski definition) is 5. The Balaban J connectivity index is 2.35. The molecular weight excluding hydrogens is 272 g/mol. The molecule has 21 heavy (non-hydrogen) atoms. The van der Waals surface area contributed by atoms with E-state index in [1.807, 2.05) is 37.3 Å². The highest BCUT2D eigenvalue weighted by molar-refractivity contribution is 5.89. The molecule has 0 saturated heterocycles. The fourth-order valence-electron chi connectivity index (χ4n) is 1.82. The average Bonchev–Trinajstić information content (AvgIpc) is 2.53. The van der Waals surface area contributed by atoms with Gasteiger partial charge in [-0.25, -0.2) is 4.79 Å². The van der Waals surface area contributed by atoms with Crippen LogP contribution in [-0.4, -0.2) is 13.1 Å². The number of carbonyl (C=O) groups excluding carboxylic acids is 1. The monoisotopic (exact) mass is 288 g/mol. The van der Waals surface area contributed by atoms with E-state index in [-0.39, 0.29) is 23.5 Å². The van der Waals surface area contributed by atoms with E-state index in [1.54, 1.807) is 0 Å². The highest BCUT2D eigenvalue weighted by atomic mass is 16.5. The topological polar surface area (TPSA) is 65.7 Å². The van der Waals surface area contributed by atoms with E-state index >= 15 is 0 Å². The van der Waals surface area contributed by atoms with Crippen LogP contribution in [0, 0.1) is 0 Å². The number of ether oxygens (including phenoxy) is 2. The molecule has 0 N–H and O–H groups in total. The lowest BCUT2D eigenvalue weighted by Crippen LogP contribution is -2.17. The standard InChI is InChI=1S/C16H16O5/c1-3-12-10-21-15(16(18)19-2)14(13(12)17)20-9-11-7-5-4-6-8-11/h4-8,10H,3,9H2,1-2H3. The van der Waals surface area contributed by atoms with Crippen LogP contribution < -0.4 is 10.2 Å². The number of carbonyl (C=O) groups is 1. The number of benzene rings is 1. The van der Waals surface area contributed by atoms with Crippen molar-refractivity contribution in [3.05, 3.63) is 63.7 Å². The van der Waals surface area contributed by atoms with E-state index in [1.165, 1.54) is 13.4 Å². The molecular formula is C16H16O5. The van der Waals surface area contributed by atoms with E-state index in [4.69, 9.17) is 9.15 Å². The first-order valence-corrected chi connectivity index (χ1v) is 6.57. The van der Waals surface area contributed by atoms with Gasteiger partial charge in [-0.2, -0.15) is 0 Å². The molecule has 110 valence electrons. The fourth-order valence-corrected chi connectivity index (χ4v) is 1.82. The molecule has 0 aliphatic rings. The largest absolute Gasteiger partial charge is 0.481 e. The van der Waals surface area contributed by atoms with Crippen molar-refractivity contribution in [2.45, 2.75) is 20.0 Å². The number of esters is 1. The maximum Gasteiger partial charge on any atom is 0.378 e. The van der Waals surface area contributed by atoms with Crippen LogP contribution in [-0.2, 0) is 17.8 Å². The summed E-state index contributed by atoms with van der Waals surface area (Å²) in [6.07, 6.45) is 1.76. The summed E-state index contributed by atoms with van der Waals surface area (Å²) in [4.78, 5) is 23.9. The van der Waals surface area contributed by atoms with Gasteiger partial charge in [-0.3, -0.25) is 4.79 Å². The molecule has 1 heterocycles. The van der Waals surface area contributed by atoms with Crippen LogP contribution in [0.1, 0.15) is 28.6 Å². The van der Waals surface area contributed by atoms with Gasteiger partial charge in [-0.15, -0.1) is 0 Å². The normalized spacial score (nSPS) is 10.2. The fraction of sp³-hybridized carbons (Fsp3) is 0.250. The lowest BCUT2D eigenvalue weighted by Gasteiger charge is -2.09. The summed E-state index contributed by atoms with van der Waals surface area (Å²) in [6.45, 7) is 1.99. The van der Waals surface area contributed by atoms with Gasteiger partial charge in [0.15, 0.2) is 0 Å². The first-order chi connectivity index (χ1) is 10.2. The Morgan fingerprint density at radius 2 is 1.95 bits per heavy atom. The number of methoxy groups -OCH3 is 1. The maximum atomic E-state index is 12.3. The molecule has 5 heteroatoms. The molecule has 0 amide bonds. The molecule has 0 spiro atoms. The van der Waals surface area contributed by atoms with Crippen LogP contribution >= 0.6 is 0 Å². The zero-order chi connectivity index (χ0) is 15.2. The second kappa shape index (κ2) is 6.74. The zero-order valence-corrected chi connectivity index (χ0v) is 11.9. The van der Waals surface area contributed by atoms with Crippen LogP contribution in [0.3, 0.4) is 0 Å². The summed E-state index contributed by atoms with van der Waals surface area (Å²) in [6, 6.07) is 9.34. The first kappa shape index (κ1) is 14.8. The third-order valence-electron chi connectivity index (χ3n) is 3.00. The zero-order valence-electron chi connectivity index (χ0n) is 11.9. The molecule has 0 unspecified atom stereocenters. The molecule has 0 fully saturated rings. The van der Waals surface area contributed by atoms with E-state index in [0.717, 1.165) is 5.56 Å². The highest BCUT2D eigenvalue weighted by Crippen LogP contribution is 2.17. The Labute approximate surface area is 122 Å². The predicted octanol–water partition coefficient (Wildman–Crippen LogP) is 2.57. The number of hydrogen-bond donors (Lipinski definition) is 0. The minimum atomic E-state index is -0.738. The lowest BCUT2D eigenvalue weighted by atomic mass is 10.2. The van der Waals surface area contributed by atoms with Crippen molar-refractivity contribution in [3.8, 4) is 5.75 Å². The van der Waals surface area contributed by atoms with Gasteiger partial charge in [0.1, 0.15) is 6.61 Å². The van der Waals surface area contributed by atoms with Crippen LogP contribution in [0.4, 0.5) is 0 Å². The molecule has 0 aliphatic carbocycles.